The van der Waals surface area contributed by atoms with E-state index in [9.17, 15) is 9.59 Å². The second-order valence-electron chi connectivity index (χ2n) is 4.52. The van der Waals surface area contributed by atoms with Crippen molar-refractivity contribution in [1.29, 1.82) is 5.26 Å². The summed E-state index contributed by atoms with van der Waals surface area (Å²) < 4.78 is 5.25. The average molecular weight is 269 g/mol. The normalized spacial score (nSPS) is 19.7. The summed E-state index contributed by atoms with van der Waals surface area (Å²) in [5.41, 5.74) is 0. The van der Waals surface area contributed by atoms with Crippen LogP contribution in [-0.4, -0.2) is 72.7 Å². The van der Waals surface area contributed by atoms with Gasteiger partial charge in [0, 0.05) is 26.2 Å². The van der Waals surface area contributed by atoms with Crippen molar-refractivity contribution in [3.63, 3.8) is 0 Å². The summed E-state index contributed by atoms with van der Waals surface area (Å²) >= 11 is 0. The lowest BCUT2D eigenvalue weighted by atomic mass is 10.1. The van der Waals surface area contributed by atoms with Crippen LogP contribution in [0.1, 0.15) is 12.8 Å². The summed E-state index contributed by atoms with van der Waals surface area (Å²) in [5.74, 6) is -1.00. The number of morpholine rings is 1. The molecular weight excluding hydrogens is 250 g/mol. The summed E-state index contributed by atoms with van der Waals surface area (Å²) in [6.07, 6.45) is 0.263. The summed E-state index contributed by atoms with van der Waals surface area (Å²) in [5, 5.41) is 17.3. The number of nitriles is 1. The summed E-state index contributed by atoms with van der Waals surface area (Å²) in [6, 6.07) is 1.72. The third-order valence-corrected chi connectivity index (χ3v) is 3.08. The lowest BCUT2D eigenvalue weighted by molar-refractivity contribution is -0.142. The van der Waals surface area contributed by atoms with E-state index in [1.165, 1.54) is 4.90 Å². The Morgan fingerprint density at radius 1 is 1.58 bits per heavy atom. The van der Waals surface area contributed by atoms with Gasteiger partial charge in [-0.3, -0.25) is 14.5 Å². The first kappa shape index (κ1) is 15.4. The minimum absolute atomic E-state index is 0.0325. The van der Waals surface area contributed by atoms with Crippen LogP contribution in [0.5, 0.6) is 0 Å². The maximum Gasteiger partial charge on any atom is 0.305 e. The van der Waals surface area contributed by atoms with Crippen LogP contribution in [-0.2, 0) is 14.3 Å². The van der Waals surface area contributed by atoms with Crippen LogP contribution in [0.15, 0.2) is 0 Å². The highest BCUT2D eigenvalue weighted by Gasteiger charge is 2.27. The number of nitrogens with zero attached hydrogens (tertiary/aromatic N) is 3. The van der Waals surface area contributed by atoms with E-state index in [2.05, 4.69) is 0 Å². The van der Waals surface area contributed by atoms with Crippen LogP contribution < -0.4 is 0 Å². The Morgan fingerprint density at radius 2 is 2.32 bits per heavy atom. The topological polar surface area (TPSA) is 93.9 Å². The van der Waals surface area contributed by atoms with Crippen LogP contribution in [0.25, 0.3) is 0 Å². The maximum absolute atomic E-state index is 11.9. The Labute approximate surface area is 112 Å². The summed E-state index contributed by atoms with van der Waals surface area (Å²) in [7, 11) is 1.65. The number of ether oxygens (including phenoxy) is 1. The number of hydrogen-bond acceptors (Lipinski definition) is 5. The van der Waals surface area contributed by atoms with Crippen LogP contribution in [0.4, 0.5) is 0 Å². The molecule has 0 saturated carbocycles. The van der Waals surface area contributed by atoms with E-state index >= 15 is 0 Å². The molecule has 1 N–H and O–H groups in total. The van der Waals surface area contributed by atoms with Crippen molar-refractivity contribution < 1.29 is 19.4 Å². The van der Waals surface area contributed by atoms with Crippen molar-refractivity contribution in [1.82, 2.24) is 9.80 Å². The zero-order valence-electron chi connectivity index (χ0n) is 11.0. The molecule has 0 aromatic rings. The molecule has 0 bridgehead atoms. The van der Waals surface area contributed by atoms with Crippen molar-refractivity contribution in [3.8, 4) is 6.07 Å². The molecule has 7 heteroatoms. The van der Waals surface area contributed by atoms with Gasteiger partial charge in [0.1, 0.15) is 0 Å². The molecule has 7 nitrogen and oxygen atoms in total. The van der Waals surface area contributed by atoms with Crippen molar-refractivity contribution in [2.45, 2.75) is 18.9 Å². The van der Waals surface area contributed by atoms with E-state index in [4.69, 9.17) is 15.1 Å². The van der Waals surface area contributed by atoms with Gasteiger partial charge in [0.25, 0.3) is 0 Å². The lowest BCUT2D eigenvalue weighted by Crippen LogP contribution is -2.50. The Bertz CT molecular complexity index is 366. The van der Waals surface area contributed by atoms with Crippen molar-refractivity contribution in [3.05, 3.63) is 0 Å². The Kier molecular flexibility index (Phi) is 6.25. The fraction of sp³-hybridized carbons (Fsp3) is 0.750. The smallest absolute Gasteiger partial charge is 0.305 e. The molecule has 1 aliphatic rings. The number of carboxylic acids is 1. The first-order valence-corrected chi connectivity index (χ1v) is 6.19. The van der Waals surface area contributed by atoms with Gasteiger partial charge < -0.3 is 14.7 Å². The van der Waals surface area contributed by atoms with E-state index in [0.717, 1.165) is 0 Å². The van der Waals surface area contributed by atoms with Gasteiger partial charge in [-0.15, -0.1) is 0 Å². The number of amides is 1. The number of carbonyl (C=O) groups excluding carboxylic acids is 1. The number of carboxylic acid groups (broad SMARTS) is 1. The highest BCUT2D eigenvalue weighted by atomic mass is 16.5. The van der Waals surface area contributed by atoms with Crippen LogP contribution in [0, 0.1) is 11.3 Å². The van der Waals surface area contributed by atoms with E-state index < -0.39 is 5.97 Å². The first-order chi connectivity index (χ1) is 9.04. The number of likely N-dealkylation sites (N-methyl/N-ethyl adjacent to an activating group) is 1. The van der Waals surface area contributed by atoms with Crippen molar-refractivity contribution >= 4 is 11.9 Å². The number of rotatable bonds is 6. The Balaban J connectivity index is 2.49. The predicted molar refractivity (Wildman–Crippen MR) is 66.3 cm³/mol. The van der Waals surface area contributed by atoms with E-state index in [1.807, 2.05) is 11.0 Å². The molecule has 0 aromatic carbocycles. The molecular formula is C12H19N3O4. The molecule has 1 saturated heterocycles. The standard InChI is InChI=1S/C12H19N3O4/c1-14(4-2-3-13)11(16)8-15-5-6-19-9-10(15)7-12(17)18/h10H,2,4-9H2,1H3,(H,17,18). The molecule has 106 valence electrons. The van der Waals surface area contributed by atoms with Gasteiger partial charge in [-0.05, 0) is 0 Å². The first-order valence-electron chi connectivity index (χ1n) is 6.19. The van der Waals surface area contributed by atoms with Gasteiger partial charge in [-0.2, -0.15) is 5.26 Å². The highest BCUT2D eigenvalue weighted by Crippen LogP contribution is 2.10. The predicted octanol–water partition coefficient (Wildman–Crippen LogP) is -0.466. The second kappa shape index (κ2) is 7.71. The van der Waals surface area contributed by atoms with Crippen LogP contribution in [0.3, 0.4) is 0 Å². The summed E-state index contributed by atoms with van der Waals surface area (Å²) in [4.78, 5) is 26.0. The fourth-order valence-corrected chi connectivity index (χ4v) is 1.92. The molecule has 0 spiro atoms. The van der Waals surface area contributed by atoms with E-state index in [-0.39, 0.29) is 24.9 Å². The third-order valence-electron chi connectivity index (χ3n) is 3.08. The number of carbonyl (C=O) groups is 2. The molecule has 19 heavy (non-hydrogen) atoms. The Morgan fingerprint density at radius 3 is 2.95 bits per heavy atom. The molecule has 1 atom stereocenters. The van der Waals surface area contributed by atoms with Crippen molar-refractivity contribution in [2.24, 2.45) is 0 Å². The fourth-order valence-electron chi connectivity index (χ4n) is 1.92. The molecule has 0 aromatic heterocycles. The van der Waals surface area contributed by atoms with Gasteiger partial charge in [-0.1, -0.05) is 0 Å². The number of hydrogen-bond donors (Lipinski definition) is 1. The zero-order chi connectivity index (χ0) is 14.3. The zero-order valence-corrected chi connectivity index (χ0v) is 11.0. The molecule has 1 fully saturated rings. The molecule has 0 aliphatic carbocycles. The SMILES string of the molecule is CN(CCC#N)C(=O)CN1CCOCC1CC(=O)O. The quantitative estimate of drug-likeness (QED) is 0.701. The molecule has 1 amide bonds. The molecule has 0 radical (unpaired) electrons. The van der Waals surface area contributed by atoms with Crippen LogP contribution >= 0.6 is 0 Å². The second-order valence-corrected chi connectivity index (χ2v) is 4.52. The Hall–Kier alpha value is -1.65. The van der Waals surface area contributed by atoms with Gasteiger partial charge in [0.05, 0.1) is 38.7 Å². The minimum atomic E-state index is -0.897. The molecule has 1 rings (SSSR count). The van der Waals surface area contributed by atoms with Crippen molar-refractivity contribution in [2.75, 3.05) is 39.9 Å². The summed E-state index contributed by atoms with van der Waals surface area (Å²) in [6.45, 7) is 1.95. The third kappa shape index (κ3) is 5.24. The van der Waals surface area contributed by atoms with Gasteiger partial charge in [0.2, 0.25) is 5.91 Å². The largest absolute Gasteiger partial charge is 0.481 e. The van der Waals surface area contributed by atoms with Gasteiger partial charge in [0.15, 0.2) is 0 Å². The van der Waals surface area contributed by atoms with E-state index in [1.54, 1.807) is 7.05 Å². The lowest BCUT2D eigenvalue weighted by Gasteiger charge is -2.35. The van der Waals surface area contributed by atoms with Gasteiger partial charge >= 0.3 is 5.97 Å². The highest BCUT2D eigenvalue weighted by molar-refractivity contribution is 5.78. The molecule has 1 heterocycles. The monoisotopic (exact) mass is 269 g/mol. The maximum atomic E-state index is 11.9. The minimum Gasteiger partial charge on any atom is -0.481 e. The van der Waals surface area contributed by atoms with E-state index in [0.29, 0.717) is 32.7 Å². The van der Waals surface area contributed by atoms with Crippen LogP contribution in [0.2, 0.25) is 0 Å². The number of aliphatic carboxylic acids is 1. The average Bonchev–Trinajstić information content (AvgIpc) is 2.37. The molecule has 1 unspecified atom stereocenters. The van der Waals surface area contributed by atoms with Gasteiger partial charge in [-0.25, -0.2) is 0 Å². The molecule has 1 aliphatic heterocycles.